The number of carbonyl (C=O) groups excluding carboxylic acids is 1. The second kappa shape index (κ2) is 17.6. The summed E-state index contributed by atoms with van der Waals surface area (Å²) in [6, 6.07) is -0.00533. The number of hydrogen-bond donors (Lipinski definition) is 3. The monoisotopic (exact) mass is 449 g/mol. The molecule has 0 fully saturated rings. The second-order valence-corrected chi connectivity index (χ2v) is 8.01. The third-order valence-corrected chi connectivity index (χ3v) is 4.80. The molecule has 0 bridgehead atoms. The van der Waals surface area contributed by atoms with E-state index in [1.165, 1.54) is 6.08 Å². The average molecular weight is 450 g/mol. The Labute approximate surface area is 199 Å². The molecule has 3 N–H and O–H groups in total. The van der Waals surface area contributed by atoms with Gasteiger partial charge in [0.2, 0.25) is 5.91 Å². The zero-order chi connectivity index (χ0) is 24.3. The van der Waals surface area contributed by atoms with Crippen molar-refractivity contribution in [3.63, 3.8) is 0 Å². The average Bonchev–Trinajstić information content (AvgIpc) is 2.78. The fourth-order valence-electron chi connectivity index (χ4n) is 2.92. The molecule has 0 spiro atoms. The summed E-state index contributed by atoms with van der Waals surface area (Å²) in [7, 11) is 0. The molecule has 4 nitrogen and oxygen atoms in total. The minimum absolute atomic E-state index is 0.00533. The summed E-state index contributed by atoms with van der Waals surface area (Å²) in [5.41, 5.74) is 1.83. The predicted octanol–water partition coefficient (Wildman–Crippen LogP) is 5.57. The summed E-state index contributed by atoms with van der Waals surface area (Å²) >= 11 is 0. The Kier molecular flexibility index (Phi) is 15.0. The first-order valence-corrected chi connectivity index (χ1v) is 11.6. The first kappa shape index (κ1) is 28.1. The number of allylic oxidation sites excluding steroid dienone is 13. The van der Waals surface area contributed by atoms with Crippen molar-refractivity contribution in [3.8, 4) is 0 Å². The molecule has 178 valence electrons. The Morgan fingerprint density at radius 3 is 2.42 bits per heavy atom. The molecule has 1 aliphatic heterocycles. The number of hydrogen-bond acceptors (Lipinski definition) is 3. The molecule has 1 amide bonds. The summed E-state index contributed by atoms with van der Waals surface area (Å²) in [6.45, 7) is 5.96. The van der Waals surface area contributed by atoms with Gasteiger partial charge < -0.3 is 15.5 Å². The van der Waals surface area contributed by atoms with Crippen LogP contribution in [0.25, 0.3) is 0 Å². The lowest BCUT2D eigenvalue weighted by molar-refractivity contribution is -0.117. The van der Waals surface area contributed by atoms with Crippen LogP contribution in [-0.4, -0.2) is 34.4 Å². The highest BCUT2D eigenvalue weighted by Crippen LogP contribution is 2.06. The van der Waals surface area contributed by atoms with Crippen LogP contribution in [0.2, 0.25) is 0 Å². The number of carbonyl (C=O) groups is 1. The molecule has 33 heavy (non-hydrogen) atoms. The van der Waals surface area contributed by atoms with Crippen LogP contribution in [0.4, 0.5) is 0 Å². The highest BCUT2D eigenvalue weighted by Gasteiger charge is 2.09. The van der Waals surface area contributed by atoms with Crippen molar-refractivity contribution in [1.82, 2.24) is 5.32 Å². The number of rotatable bonds is 5. The van der Waals surface area contributed by atoms with Crippen LogP contribution >= 0.6 is 0 Å². The first-order chi connectivity index (χ1) is 15.9. The third-order valence-electron chi connectivity index (χ3n) is 4.80. The lowest BCUT2D eigenvalue weighted by Crippen LogP contribution is -2.32. The van der Waals surface area contributed by atoms with E-state index in [0.717, 1.165) is 36.8 Å². The molecule has 4 heteroatoms. The molecule has 0 saturated carbocycles. The van der Waals surface area contributed by atoms with E-state index in [0.29, 0.717) is 0 Å². The number of amides is 1. The molecular weight excluding hydrogens is 410 g/mol. The van der Waals surface area contributed by atoms with E-state index in [1.54, 1.807) is 36.5 Å². The van der Waals surface area contributed by atoms with E-state index in [2.05, 4.69) is 36.5 Å². The molecule has 0 saturated heterocycles. The van der Waals surface area contributed by atoms with Crippen molar-refractivity contribution < 1.29 is 15.0 Å². The van der Waals surface area contributed by atoms with Gasteiger partial charge in [0.25, 0.3) is 0 Å². The number of unbranched alkanes of at least 4 members (excludes halogenated alkanes) is 1. The third kappa shape index (κ3) is 14.7. The Hall–Kier alpha value is -2.95. The van der Waals surface area contributed by atoms with Gasteiger partial charge in [-0.15, -0.1) is 0 Å². The van der Waals surface area contributed by atoms with Gasteiger partial charge in [-0.1, -0.05) is 116 Å². The summed E-state index contributed by atoms with van der Waals surface area (Å²) in [6.07, 6.45) is 31.3. The van der Waals surface area contributed by atoms with Gasteiger partial charge in [0.05, 0.1) is 0 Å². The van der Waals surface area contributed by atoms with Crippen LogP contribution in [0.3, 0.4) is 0 Å². The minimum Gasteiger partial charge on any atom is -0.386 e. The van der Waals surface area contributed by atoms with Crippen molar-refractivity contribution in [3.05, 3.63) is 108 Å². The standard InChI is InChI=1S/C29H39NO3/c1-4-5-6-7-8-9-19-26-20-13-10-16-24(2)17-11-14-21-27(31)28(32)23-25(3)18-12-15-22-29(33)30-26/h6-18,21-23,26-28,31-32H,4-5,19-20H2,1-3H3,(H,30,33)/b7-6+,9-8+,13-10+,17-11+,18-12+,21-14-,22-15+,24-16+,25-23+/t26-,27-,28+/m0/s1. The number of aliphatic hydroxyl groups is 2. The van der Waals surface area contributed by atoms with E-state index in [4.69, 9.17) is 0 Å². The van der Waals surface area contributed by atoms with Crippen molar-refractivity contribution in [2.45, 2.75) is 64.7 Å². The van der Waals surface area contributed by atoms with Gasteiger partial charge in [0, 0.05) is 12.1 Å². The maximum absolute atomic E-state index is 12.4. The van der Waals surface area contributed by atoms with Gasteiger partial charge in [-0.2, -0.15) is 0 Å². The second-order valence-electron chi connectivity index (χ2n) is 8.01. The topological polar surface area (TPSA) is 69.6 Å². The maximum Gasteiger partial charge on any atom is 0.244 e. The molecular formula is C29H39NO3. The van der Waals surface area contributed by atoms with Crippen molar-refractivity contribution in [2.24, 2.45) is 0 Å². The SMILES string of the molecule is CCC/C=C/C=C/C[C@H]1C/C=C/C=C(C)/C=C/C=C\[C@H](O)[C@H](O)/C=C(C)/C=C/C=C/C(=O)N1. The van der Waals surface area contributed by atoms with Gasteiger partial charge in [-0.25, -0.2) is 0 Å². The first-order valence-electron chi connectivity index (χ1n) is 11.6. The molecule has 1 aliphatic rings. The molecule has 0 aliphatic carbocycles. The Bertz CT molecular complexity index is 850. The van der Waals surface area contributed by atoms with Crippen LogP contribution in [0.15, 0.2) is 108 Å². The highest BCUT2D eigenvalue weighted by molar-refractivity contribution is 5.88. The Morgan fingerprint density at radius 1 is 0.939 bits per heavy atom. The maximum atomic E-state index is 12.4. The zero-order valence-corrected chi connectivity index (χ0v) is 20.1. The van der Waals surface area contributed by atoms with Gasteiger partial charge in [-0.3, -0.25) is 4.79 Å². The highest BCUT2D eigenvalue weighted by atomic mass is 16.3. The molecule has 0 aromatic heterocycles. The van der Waals surface area contributed by atoms with Crippen LogP contribution in [-0.2, 0) is 4.79 Å². The van der Waals surface area contributed by atoms with Gasteiger partial charge in [0.15, 0.2) is 0 Å². The van der Waals surface area contributed by atoms with Crippen LogP contribution in [0.1, 0.15) is 46.5 Å². The summed E-state index contributed by atoms with van der Waals surface area (Å²) in [5.74, 6) is -0.153. The van der Waals surface area contributed by atoms with E-state index >= 15 is 0 Å². The molecule has 0 aromatic rings. The van der Waals surface area contributed by atoms with Crippen LogP contribution < -0.4 is 5.32 Å². The number of aliphatic hydroxyl groups excluding tert-OH is 2. The van der Waals surface area contributed by atoms with Gasteiger partial charge in [0.1, 0.15) is 12.2 Å². The Morgan fingerprint density at radius 2 is 1.64 bits per heavy atom. The summed E-state index contributed by atoms with van der Waals surface area (Å²) in [5, 5.41) is 23.2. The smallest absolute Gasteiger partial charge is 0.244 e. The lowest BCUT2D eigenvalue weighted by Gasteiger charge is -2.14. The van der Waals surface area contributed by atoms with E-state index in [1.807, 2.05) is 44.2 Å². The van der Waals surface area contributed by atoms with E-state index < -0.39 is 12.2 Å². The summed E-state index contributed by atoms with van der Waals surface area (Å²) < 4.78 is 0. The van der Waals surface area contributed by atoms with E-state index in [9.17, 15) is 15.0 Å². The predicted molar refractivity (Wildman–Crippen MR) is 140 cm³/mol. The van der Waals surface area contributed by atoms with Crippen LogP contribution in [0, 0.1) is 0 Å². The van der Waals surface area contributed by atoms with Gasteiger partial charge in [-0.05, 0) is 33.1 Å². The fourth-order valence-corrected chi connectivity index (χ4v) is 2.92. The van der Waals surface area contributed by atoms with Crippen molar-refractivity contribution in [1.29, 1.82) is 0 Å². The Balaban J connectivity index is 2.99. The number of nitrogens with one attached hydrogen (secondary N) is 1. The normalized spacial score (nSPS) is 31.7. The van der Waals surface area contributed by atoms with Gasteiger partial charge >= 0.3 is 0 Å². The largest absolute Gasteiger partial charge is 0.386 e. The van der Waals surface area contributed by atoms with Crippen LogP contribution in [0.5, 0.6) is 0 Å². The molecule has 0 radical (unpaired) electrons. The molecule has 0 unspecified atom stereocenters. The molecule has 1 rings (SSSR count). The molecule has 1 heterocycles. The molecule has 0 aromatic carbocycles. The lowest BCUT2D eigenvalue weighted by atomic mass is 10.1. The van der Waals surface area contributed by atoms with Crippen molar-refractivity contribution in [2.75, 3.05) is 0 Å². The minimum atomic E-state index is -1.01. The van der Waals surface area contributed by atoms with E-state index in [-0.39, 0.29) is 11.9 Å². The fraction of sp³-hybridized carbons (Fsp3) is 0.345. The molecule has 3 atom stereocenters. The zero-order valence-electron chi connectivity index (χ0n) is 20.1. The quantitative estimate of drug-likeness (QED) is 0.480. The summed E-state index contributed by atoms with van der Waals surface area (Å²) in [4.78, 5) is 12.4. The van der Waals surface area contributed by atoms with Crippen molar-refractivity contribution >= 4 is 5.91 Å².